The van der Waals surface area contributed by atoms with Crippen LogP contribution in [0.5, 0.6) is 17.2 Å². The summed E-state index contributed by atoms with van der Waals surface area (Å²) >= 11 is 12.5. The first-order valence-corrected chi connectivity index (χ1v) is 10.7. The molecule has 0 bridgehead atoms. The van der Waals surface area contributed by atoms with Gasteiger partial charge in [-0.1, -0.05) is 29.8 Å². The van der Waals surface area contributed by atoms with Crippen molar-refractivity contribution in [3.8, 4) is 17.2 Å². The molecule has 0 N–H and O–H groups in total. The monoisotopic (exact) mass is 483 g/mol. The molecule has 0 unspecified atom stereocenters. The maximum atomic E-state index is 13.7. The van der Waals surface area contributed by atoms with Crippen LogP contribution in [0.2, 0.25) is 5.02 Å². The Morgan fingerprint density at radius 3 is 2.66 bits per heavy atom. The largest absolute Gasteiger partial charge is 1.00 e. The maximum Gasteiger partial charge on any atom is 1.00 e. The average molecular weight is 484 g/mol. The molecular weight excluding hydrogens is 463 g/mol. The van der Waals surface area contributed by atoms with Crippen molar-refractivity contribution < 1.29 is 49.6 Å². The second-order valence-corrected chi connectivity index (χ2v) is 8.02. The zero-order chi connectivity index (χ0) is 21.8. The predicted octanol–water partition coefficient (Wildman–Crippen LogP) is 3.55. The Bertz CT molecular complexity index is 1100. The van der Waals surface area contributed by atoms with E-state index in [1.165, 1.54) is 6.07 Å². The van der Waals surface area contributed by atoms with E-state index in [1.54, 1.807) is 48.5 Å². The Morgan fingerprint density at radius 1 is 1.16 bits per heavy atom. The fourth-order valence-electron chi connectivity index (χ4n) is 3.38. The first-order chi connectivity index (χ1) is 15.0. The number of carbonyl (C=O) groups is 1. The van der Waals surface area contributed by atoms with Gasteiger partial charge in [0.15, 0.2) is 0 Å². The quantitative estimate of drug-likeness (QED) is 0.397. The Balaban J connectivity index is 0.00000193. The van der Waals surface area contributed by atoms with Crippen molar-refractivity contribution >= 4 is 29.3 Å². The number of hydrogen-bond acceptors (Lipinski definition) is 3. The smallest absolute Gasteiger partial charge is 1.00 e. The molecule has 0 aliphatic carbocycles. The van der Waals surface area contributed by atoms with E-state index >= 15 is 0 Å². The van der Waals surface area contributed by atoms with Gasteiger partial charge in [-0.05, 0) is 66.8 Å². The van der Waals surface area contributed by atoms with Crippen molar-refractivity contribution in [1.82, 2.24) is 4.42 Å². The van der Waals surface area contributed by atoms with Gasteiger partial charge >= 0.3 is 29.6 Å². The standard InChI is InChI=1S/C24H20Cl2FNO3.Na.H/c25-20-14-18-5-3-13-30-22(18)15-23(20)31-19-9-7-17(8-10-19)24(29)28(26)12-11-16-4-1-2-6-21(16)27;;/h1-2,4,6-10,14-15H,3,5,11-13H2;;/q;+1;-1. The number of rotatable bonds is 6. The van der Waals surface area contributed by atoms with Gasteiger partial charge in [0, 0.05) is 30.0 Å². The number of hydrogen-bond donors (Lipinski definition) is 0. The molecule has 162 valence electrons. The minimum absolute atomic E-state index is 0. The molecule has 0 saturated carbocycles. The topological polar surface area (TPSA) is 38.8 Å². The maximum absolute atomic E-state index is 13.7. The second kappa shape index (κ2) is 11.4. The Morgan fingerprint density at radius 2 is 1.91 bits per heavy atom. The van der Waals surface area contributed by atoms with Crippen molar-refractivity contribution in [2.24, 2.45) is 0 Å². The van der Waals surface area contributed by atoms with Gasteiger partial charge in [0.2, 0.25) is 0 Å². The molecule has 0 saturated heterocycles. The molecule has 0 aromatic heterocycles. The fourth-order valence-corrected chi connectivity index (χ4v) is 3.79. The van der Waals surface area contributed by atoms with E-state index in [1.807, 2.05) is 6.07 Å². The molecule has 1 heterocycles. The molecule has 0 atom stereocenters. The van der Waals surface area contributed by atoms with Crippen molar-refractivity contribution in [2.75, 3.05) is 13.2 Å². The SMILES string of the molecule is O=C(c1ccc(Oc2cc3c(cc2Cl)CCCO3)cc1)N(Cl)CCc1ccccc1F.[H-].[Na+]. The summed E-state index contributed by atoms with van der Waals surface area (Å²) in [5.74, 6) is 1.12. The number of nitrogens with zero attached hydrogens (tertiary/aromatic N) is 1. The molecule has 4 rings (SSSR count). The molecule has 3 aromatic carbocycles. The van der Waals surface area contributed by atoms with Crippen LogP contribution in [-0.2, 0) is 12.8 Å². The first kappa shape index (κ1) is 24.9. The number of halogens is 3. The van der Waals surface area contributed by atoms with E-state index in [-0.39, 0.29) is 49.3 Å². The molecule has 0 radical (unpaired) electrons. The normalized spacial score (nSPS) is 12.2. The second-order valence-electron chi connectivity index (χ2n) is 7.20. The molecule has 0 spiro atoms. The van der Waals surface area contributed by atoms with Crippen molar-refractivity contribution in [1.29, 1.82) is 0 Å². The third-order valence-corrected chi connectivity index (χ3v) is 5.67. The van der Waals surface area contributed by atoms with Gasteiger partial charge < -0.3 is 10.9 Å². The Labute approximate surface area is 220 Å². The van der Waals surface area contributed by atoms with Crippen LogP contribution in [0.25, 0.3) is 0 Å². The van der Waals surface area contributed by atoms with E-state index in [4.69, 9.17) is 32.9 Å². The van der Waals surface area contributed by atoms with E-state index in [2.05, 4.69) is 0 Å². The number of ether oxygens (including phenoxy) is 2. The number of aryl methyl sites for hydroxylation is 1. The molecule has 1 aliphatic heterocycles. The van der Waals surface area contributed by atoms with Gasteiger partial charge in [0.1, 0.15) is 23.1 Å². The molecule has 1 aliphatic rings. The van der Waals surface area contributed by atoms with Crippen LogP contribution in [0.1, 0.15) is 29.3 Å². The summed E-state index contributed by atoms with van der Waals surface area (Å²) in [6.07, 6.45) is 2.22. The minimum atomic E-state index is -0.371. The first-order valence-electron chi connectivity index (χ1n) is 9.95. The van der Waals surface area contributed by atoms with Crippen LogP contribution in [0.4, 0.5) is 4.39 Å². The van der Waals surface area contributed by atoms with Crippen LogP contribution >= 0.6 is 23.4 Å². The number of amides is 1. The van der Waals surface area contributed by atoms with E-state index < -0.39 is 0 Å². The van der Waals surface area contributed by atoms with Crippen LogP contribution in [0.3, 0.4) is 0 Å². The molecule has 32 heavy (non-hydrogen) atoms. The molecule has 0 fully saturated rings. The predicted molar refractivity (Wildman–Crippen MR) is 120 cm³/mol. The molecule has 4 nitrogen and oxygen atoms in total. The third-order valence-electron chi connectivity index (χ3n) is 5.05. The number of carbonyl (C=O) groups excluding carboxylic acids is 1. The van der Waals surface area contributed by atoms with Crippen molar-refractivity contribution in [2.45, 2.75) is 19.3 Å². The summed E-state index contributed by atoms with van der Waals surface area (Å²) in [5.41, 5.74) is 1.98. The summed E-state index contributed by atoms with van der Waals surface area (Å²) in [6, 6.07) is 16.7. The number of fused-ring (bicyclic) bond motifs is 1. The van der Waals surface area contributed by atoms with E-state index in [0.717, 1.165) is 28.6 Å². The molecular formula is C24H21Cl2FNNaO3. The van der Waals surface area contributed by atoms with Crippen LogP contribution < -0.4 is 39.0 Å². The van der Waals surface area contributed by atoms with Crippen LogP contribution in [0.15, 0.2) is 60.7 Å². The van der Waals surface area contributed by atoms with E-state index in [0.29, 0.717) is 40.7 Å². The van der Waals surface area contributed by atoms with Crippen LogP contribution in [-0.4, -0.2) is 23.5 Å². The summed E-state index contributed by atoms with van der Waals surface area (Å²) in [7, 11) is 0. The molecule has 8 heteroatoms. The average Bonchev–Trinajstić information content (AvgIpc) is 2.79. The summed E-state index contributed by atoms with van der Waals surface area (Å²) in [4.78, 5) is 12.6. The van der Waals surface area contributed by atoms with Gasteiger partial charge in [0.25, 0.3) is 5.91 Å². The summed E-state index contributed by atoms with van der Waals surface area (Å²) in [5, 5.41) is 0.504. The van der Waals surface area contributed by atoms with E-state index in [9.17, 15) is 9.18 Å². The van der Waals surface area contributed by atoms with Gasteiger partial charge in [-0.25, -0.2) is 4.39 Å². The van der Waals surface area contributed by atoms with Gasteiger partial charge in [0.05, 0.1) is 11.6 Å². The summed E-state index contributed by atoms with van der Waals surface area (Å²) in [6.45, 7) is 0.862. The number of benzene rings is 3. The fraction of sp³-hybridized carbons (Fsp3) is 0.208. The minimum Gasteiger partial charge on any atom is -1.00 e. The third kappa shape index (κ3) is 5.97. The van der Waals surface area contributed by atoms with Crippen LogP contribution in [0, 0.1) is 5.82 Å². The zero-order valence-electron chi connectivity index (χ0n) is 18.6. The van der Waals surface area contributed by atoms with Crippen molar-refractivity contribution in [3.63, 3.8) is 0 Å². The van der Waals surface area contributed by atoms with Gasteiger partial charge in [-0.3, -0.25) is 9.21 Å². The Hall–Kier alpha value is -1.76. The van der Waals surface area contributed by atoms with Crippen molar-refractivity contribution in [3.05, 3.63) is 88.2 Å². The summed E-state index contributed by atoms with van der Waals surface area (Å²) < 4.78 is 26.3. The zero-order valence-corrected chi connectivity index (χ0v) is 21.1. The molecule has 1 amide bonds. The Kier molecular flexibility index (Phi) is 8.86. The molecule has 3 aromatic rings. The van der Waals surface area contributed by atoms with Gasteiger partial charge in [-0.15, -0.1) is 0 Å². The van der Waals surface area contributed by atoms with Gasteiger partial charge in [-0.2, -0.15) is 0 Å².